The van der Waals surface area contributed by atoms with Gasteiger partial charge >= 0.3 is 12.1 Å². The third-order valence-corrected chi connectivity index (χ3v) is 6.42. The summed E-state index contributed by atoms with van der Waals surface area (Å²) in [5, 5.41) is 7.14. The van der Waals surface area contributed by atoms with Crippen LogP contribution in [0.1, 0.15) is 26.6 Å². The van der Waals surface area contributed by atoms with Gasteiger partial charge in [0.15, 0.2) is 0 Å². The smallest absolute Gasteiger partial charge is 0.416 e. The minimum Gasteiger partial charge on any atom is -0.455 e. The molecular weight excluding hydrogens is 449 g/mol. The van der Waals surface area contributed by atoms with Crippen LogP contribution in [0.3, 0.4) is 0 Å². The van der Waals surface area contributed by atoms with Crippen LogP contribution in [0, 0.1) is 6.92 Å². The predicted octanol–water partition coefficient (Wildman–Crippen LogP) is 5.35. The molecule has 0 radical (unpaired) electrons. The van der Waals surface area contributed by atoms with Crippen molar-refractivity contribution in [2.45, 2.75) is 19.7 Å². The number of carbonyl (C=O) groups is 1. The lowest BCUT2D eigenvalue weighted by Gasteiger charge is -2.06. The van der Waals surface area contributed by atoms with E-state index in [2.05, 4.69) is 15.1 Å². The van der Waals surface area contributed by atoms with Crippen molar-refractivity contribution in [3.05, 3.63) is 63.9 Å². The first-order valence-corrected chi connectivity index (χ1v) is 10.7. The van der Waals surface area contributed by atoms with Crippen LogP contribution in [0.4, 0.5) is 13.2 Å². The van der Waals surface area contributed by atoms with Crippen LogP contribution in [0.5, 0.6) is 0 Å². The number of benzene rings is 1. The lowest BCUT2D eigenvalue weighted by molar-refractivity contribution is -0.137. The van der Waals surface area contributed by atoms with Crippen molar-refractivity contribution in [2.24, 2.45) is 7.05 Å². The van der Waals surface area contributed by atoms with Gasteiger partial charge in [-0.05, 0) is 19.1 Å². The van der Waals surface area contributed by atoms with E-state index in [1.807, 2.05) is 18.6 Å². The Morgan fingerprint density at radius 3 is 2.52 bits per heavy atom. The minimum atomic E-state index is -4.40. The SMILES string of the molecule is Cc1nc(-c2ccc(C(F)(F)F)cc2)sc1C(=O)OCc1csc(-c2cnn(C)c2)n1. The molecule has 0 aliphatic heterocycles. The molecule has 3 aromatic heterocycles. The Labute approximate surface area is 183 Å². The molecule has 0 bridgehead atoms. The number of rotatable bonds is 5. The number of halogens is 3. The summed E-state index contributed by atoms with van der Waals surface area (Å²) in [6, 6.07) is 4.66. The average Bonchev–Trinajstić information content (AvgIpc) is 3.45. The summed E-state index contributed by atoms with van der Waals surface area (Å²) in [7, 11) is 1.82. The minimum absolute atomic E-state index is 0.00253. The molecule has 0 saturated carbocycles. The summed E-state index contributed by atoms with van der Waals surface area (Å²) in [5.74, 6) is -0.552. The molecule has 1 aromatic carbocycles. The van der Waals surface area contributed by atoms with Gasteiger partial charge in [0.2, 0.25) is 0 Å². The standard InChI is InChI=1S/C20H15F3N4O2S2/c1-11-16(31-18(25-11)12-3-5-14(6-4-12)20(21,22)23)19(28)29-9-15-10-30-17(26-15)13-7-24-27(2)8-13/h3-8,10H,9H2,1-2H3. The topological polar surface area (TPSA) is 69.9 Å². The zero-order chi connectivity index (χ0) is 22.2. The van der Waals surface area contributed by atoms with E-state index < -0.39 is 17.7 Å². The number of nitrogens with zero attached hydrogens (tertiary/aromatic N) is 4. The third-order valence-electron chi connectivity index (χ3n) is 4.30. The highest BCUT2D eigenvalue weighted by Crippen LogP contribution is 2.33. The first-order chi connectivity index (χ1) is 14.7. The molecule has 11 heteroatoms. The van der Waals surface area contributed by atoms with Crippen molar-refractivity contribution in [3.8, 4) is 21.1 Å². The second kappa shape index (κ2) is 8.23. The Kier molecular flexibility index (Phi) is 5.63. The fourth-order valence-electron chi connectivity index (χ4n) is 2.75. The number of aryl methyl sites for hydroxylation is 2. The van der Waals surface area contributed by atoms with E-state index in [1.165, 1.54) is 23.5 Å². The van der Waals surface area contributed by atoms with Gasteiger partial charge in [-0.3, -0.25) is 4.68 Å². The lowest BCUT2D eigenvalue weighted by atomic mass is 10.1. The molecule has 4 aromatic rings. The van der Waals surface area contributed by atoms with Gasteiger partial charge in [-0.25, -0.2) is 14.8 Å². The largest absolute Gasteiger partial charge is 0.455 e. The molecule has 4 rings (SSSR count). The van der Waals surface area contributed by atoms with Crippen LogP contribution in [-0.2, 0) is 24.6 Å². The molecule has 0 amide bonds. The van der Waals surface area contributed by atoms with Crippen molar-refractivity contribution in [1.82, 2.24) is 19.7 Å². The highest BCUT2D eigenvalue weighted by molar-refractivity contribution is 7.17. The number of hydrogen-bond donors (Lipinski definition) is 0. The van der Waals surface area contributed by atoms with E-state index in [-0.39, 0.29) is 6.61 Å². The number of thiazole rings is 2. The molecule has 0 fully saturated rings. The normalized spacial score (nSPS) is 11.6. The van der Waals surface area contributed by atoms with Gasteiger partial charge in [0.1, 0.15) is 21.5 Å². The molecule has 0 N–H and O–H groups in total. The van der Waals surface area contributed by atoms with Gasteiger partial charge in [-0.1, -0.05) is 12.1 Å². The van der Waals surface area contributed by atoms with Crippen LogP contribution in [-0.4, -0.2) is 25.7 Å². The van der Waals surface area contributed by atoms with E-state index in [1.54, 1.807) is 17.8 Å². The summed E-state index contributed by atoms with van der Waals surface area (Å²) >= 11 is 2.50. The molecule has 0 atom stereocenters. The van der Waals surface area contributed by atoms with E-state index in [9.17, 15) is 18.0 Å². The van der Waals surface area contributed by atoms with Crippen molar-refractivity contribution in [1.29, 1.82) is 0 Å². The quantitative estimate of drug-likeness (QED) is 0.372. The molecule has 0 aliphatic rings. The molecule has 31 heavy (non-hydrogen) atoms. The Bertz CT molecular complexity index is 1230. The maximum absolute atomic E-state index is 12.7. The van der Waals surface area contributed by atoms with Gasteiger partial charge in [-0.2, -0.15) is 18.3 Å². The Morgan fingerprint density at radius 2 is 1.87 bits per heavy atom. The molecule has 3 heterocycles. The molecule has 160 valence electrons. The van der Waals surface area contributed by atoms with Gasteiger partial charge < -0.3 is 4.74 Å². The number of ether oxygens (including phenoxy) is 1. The highest BCUT2D eigenvalue weighted by Gasteiger charge is 2.30. The fraction of sp³-hybridized carbons (Fsp3) is 0.200. The van der Waals surface area contributed by atoms with Crippen molar-refractivity contribution in [2.75, 3.05) is 0 Å². The van der Waals surface area contributed by atoms with E-state index in [0.29, 0.717) is 26.8 Å². The Morgan fingerprint density at radius 1 is 1.13 bits per heavy atom. The molecule has 0 spiro atoms. The van der Waals surface area contributed by atoms with Crippen LogP contribution >= 0.6 is 22.7 Å². The van der Waals surface area contributed by atoms with Crippen LogP contribution in [0.2, 0.25) is 0 Å². The molecule has 0 unspecified atom stereocenters. The van der Waals surface area contributed by atoms with Crippen molar-refractivity contribution >= 4 is 28.6 Å². The molecular formula is C20H15F3N4O2S2. The van der Waals surface area contributed by atoms with Gasteiger partial charge in [-0.15, -0.1) is 22.7 Å². The van der Waals surface area contributed by atoms with Crippen molar-refractivity contribution in [3.63, 3.8) is 0 Å². The summed E-state index contributed by atoms with van der Waals surface area (Å²) < 4.78 is 45.3. The molecule has 6 nitrogen and oxygen atoms in total. The molecule has 0 aliphatic carbocycles. The van der Waals surface area contributed by atoms with E-state index in [4.69, 9.17) is 4.74 Å². The summed E-state index contributed by atoms with van der Waals surface area (Å²) in [5.41, 5.74) is 1.71. The number of esters is 1. The Balaban J connectivity index is 1.44. The number of carbonyl (C=O) groups excluding carboxylic acids is 1. The first-order valence-electron chi connectivity index (χ1n) is 8.96. The maximum Gasteiger partial charge on any atom is 0.416 e. The maximum atomic E-state index is 12.7. The second-order valence-corrected chi connectivity index (χ2v) is 8.49. The van der Waals surface area contributed by atoms with Crippen LogP contribution < -0.4 is 0 Å². The van der Waals surface area contributed by atoms with Crippen LogP contribution in [0.15, 0.2) is 42.0 Å². The molecule has 0 saturated heterocycles. The average molecular weight is 464 g/mol. The van der Waals surface area contributed by atoms with Crippen LogP contribution in [0.25, 0.3) is 21.1 Å². The zero-order valence-electron chi connectivity index (χ0n) is 16.3. The summed E-state index contributed by atoms with van der Waals surface area (Å²) in [4.78, 5) is 21.6. The second-order valence-electron chi connectivity index (χ2n) is 6.63. The number of hydrogen-bond acceptors (Lipinski definition) is 7. The summed E-state index contributed by atoms with van der Waals surface area (Å²) in [6.45, 7) is 1.66. The lowest BCUT2D eigenvalue weighted by Crippen LogP contribution is -2.05. The number of aromatic nitrogens is 4. The highest BCUT2D eigenvalue weighted by atomic mass is 32.1. The summed E-state index contributed by atoms with van der Waals surface area (Å²) in [6.07, 6.45) is -0.852. The van der Waals surface area contributed by atoms with E-state index >= 15 is 0 Å². The predicted molar refractivity (Wildman–Crippen MR) is 111 cm³/mol. The fourth-order valence-corrected chi connectivity index (χ4v) is 4.50. The zero-order valence-corrected chi connectivity index (χ0v) is 17.9. The number of alkyl halides is 3. The van der Waals surface area contributed by atoms with Gasteiger partial charge in [0.25, 0.3) is 0 Å². The first kappa shape index (κ1) is 21.2. The van der Waals surface area contributed by atoms with E-state index in [0.717, 1.165) is 34.0 Å². The monoisotopic (exact) mass is 464 g/mol. The van der Waals surface area contributed by atoms with Gasteiger partial charge in [0, 0.05) is 29.8 Å². The van der Waals surface area contributed by atoms with Gasteiger partial charge in [0.05, 0.1) is 23.1 Å². The van der Waals surface area contributed by atoms with Crippen molar-refractivity contribution < 1.29 is 22.7 Å². The Hall–Kier alpha value is -3.05. The third kappa shape index (κ3) is 4.67.